The van der Waals surface area contributed by atoms with E-state index in [9.17, 15) is 14.4 Å². The number of rotatable bonds is 5. The zero-order valence-electron chi connectivity index (χ0n) is 16.2. The molecule has 0 fully saturated rings. The van der Waals surface area contributed by atoms with Crippen molar-refractivity contribution in [2.24, 2.45) is 5.73 Å². The van der Waals surface area contributed by atoms with E-state index in [2.05, 4.69) is 20.3 Å². The molecule has 31 heavy (non-hydrogen) atoms. The first kappa shape index (κ1) is 19.6. The first-order valence-electron chi connectivity index (χ1n) is 8.95. The van der Waals surface area contributed by atoms with Crippen LogP contribution >= 0.6 is 0 Å². The van der Waals surface area contributed by atoms with Crippen molar-refractivity contribution >= 4 is 28.9 Å². The van der Waals surface area contributed by atoms with Gasteiger partial charge in [0.25, 0.3) is 0 Å². The highest BCUT2D eigenvalue weighted by Gasteiger charge is 2.14. The van der Waals surface area contributed by atoms with E-state index in [-0.39, 0.29) is 28.5 Å². The van der Waals surface area contributed by atoms with Crippen molar-refractivity contribution in [3.63, 3.8) is 0 Å². The van der Waals surface area contributed by atoms with Gasteiger partial charge in [-0.15, -0.1) is 0 Å². The van der Waals surface area contributed by atoms with Crippen LogP contribution in [0, 0.1) is 0 Å². The normalized spacial score (nSPS) is 10.6. The maximum Gasteiger partial charge on any atom is 0.409 e. The van der Waals surface area contributed by atoms with Crippen molar-refractivity contribution in [3.8, 4) is 17.2 Å². The second-order valence-electron chi connectivity index (χ2n) is 6.30. The molecule has 0 bridgehead atoms. The number of H-pyrrole nitrogens is 1. The minimum atomic E-state index is -1.01. The lowest BCUT2D eigenvalue weighted by Gasteiger charge is -2.11. The second-order valence-corrected chi connectivity index (χ2v) is 6.30. The van der Waals surface area contributed by atoms with E-state index < -0.39 is 17.2 Å². The number of hydrogen-bond acceptors (Lipinski definition) is 8. The molecule has 0 radical (unpaired) electrons. The van der Waals surface area contributed by atoms with Crippen LogP contribution in [0.4, 0.5) is 16.4 Å². The van der Waals surface area contributed by atoms with E-state index >= 15 is 0 Å². The van der Waals surface area contributed by atoms with E-state index in [4.69, 9.17) is 15.2 Å². The number of carbonyl (C=O) groups excluding carboxylic acids is 1. The molecule has 0 unspecified atom stereocenters. The van der Waals surface area contributed by atoms with Crippen LogP contribution in [-0.2, 0) is 0 Å². The number of aromatic nitrogens is 4. The monoisotopic (exact) mass is 420 g/mol. The molecule has 0 saturated carbocycles. The molecule has 0 aliphatic carbocycles. The number of amides is 1. The van der Waals surface area contributed by atoms with Crippen molar-refractivity contribution in [1.29, 1.82) is 0 Å². The lowest BCUT2D eigenvalue weighted by Crippen LogP contribution is -2.36. The van der Waals surface area contributed by atoms with Crippen LogP contribution in [0.5, 0.6) is 11.5 Å². The lowest BCUT2D eigenvalue weighted by molar-refractivity contribution is 0.211. The van der Waals surface area contributed by atoms with Gasteiger partial charge in [-0.1, -0.05) is 6.07 Å². The Morgan fingerprint density at radius 1 is 1.13 bits per heavy atom. The van der Waals surface area contributed by atoms with Crippen LogP contribution in [0.15, 0.2) is 64.3 Å². The molecule has 11 nitrogen and oxygen atoms in total. The van der Waals surface area contributed by atoms with Gasteiger partial charge in [0.2, 0.25) is 5.95 Å². The van der Waals surface area contributed by atoms with Gasteiger partial charge >= 0.3 is 17.2 Å². The fourth-order valence-corrected chi connectivity index (χ4v) is 2.91. The van der Waals surface area contributed by atoms with Crippen LogP contribution in [0.25, 0.3) is 16.9 Å². The first-order valence-corrected chi connectivity index (χ1v) is 8.95. The van der Waals surface area contributed by atoms with E-state index in [1.54, 1.807) is 43.5 Å². The standard InChI is InChI=1S/C20H16N6O5/c1-30-13-7-5-11(6-8-13)23-20-22-10-15-16(25-20)26(18(28)17(27)24-15)12-3-2-4-14(9-12)31-19(21)29/h2-10H,1H3,(H2,21,29)(H,24,27)(H,22,23,25). The van der Waals surface area contributed by atoms with Gasteiger partial charge in [-0.05, 0) is 36.4 Å². The van der Waals surface area contributed by atoms with Crippen molar-refractivity contribution in [2.45, 2.75) is 0 Å². The average molecular weight is 420 g/mol. The highest BCUT2D eigenvalue weighted by molar-refractivity contribution is 5.74. The average Bonchev–Trinajstić information content (AvgIpc) is 2.75. The number of anilines is 2. The summed E-state index contributed by atoms with van der Waals surface area (Å²) < 4.78 is 11.1. The Hall–Kier alpha value is -4.67. The Kier molecular flexibility index (Phi) is 5.06. The number of hydrogen-bond donors (Lipinski definition) is 3. The molecule has 4 rings (SSSR count). The molecule has 2 aromatic heterocycles. The number of aromatic amines is 1. The van der Waals surface area contributed by atoms with Crippen LogP contribution in [-0.4, -0.2) is 32.7 Å². The quantitative estimate of drug-likeness (QED) is 0.412. The minimum absolute atomic E-state index is 0.107. The first-order chi connectivity index (χ1) is 14.9. The molecular formula is C20H16N6O5. The smallest absolute Gasteiger partial charge is 0.409 e. The lowest BCUT2D eigenvalue weighted by atomic mass is 10.3. The van der Waals surface area contributed by atoms with Gasteiger partial charge in [-0.2, -0.15) is 4.98 Å². The number of nitrogens with zero attached hydrogens (tertiary/aromatic N) is 3. The SMILES string of the molecule is COc1ccc(Nc2ncc3[nH]c(=O)c(=O)n(-c4cccc(OC(N)=O)c4)c3n2)cc1. The summed E-state index contributed by atoms with van der Waals surface area (Å²) >= 11 is 0. The van der Waals surface area contributed by atoms with Gasteiger partial charge in [0, 0.05) is 11.8 Å². The molecule has 1 amide bonds. The molecule has 4 aromatic rings. The molecular weight excluding hydrogens is 404 g/mol. The Bertz CT molecular complexity index is 1390. The molecule has 11 heteroatoms. The molecule has 2 heterocycles. The van der Waals surface area contributed by atoms with Crippen molar-refractivity contribution < 1.29 is 14.3 Å². The number of nitrogens with two attached hydrogens (primary N) is 1. The summed E-state index contributed by atoms with van der Waals surface area (Å²) in [6.45, 7) is 0. The number of benzene rings is 2. The van der Waals surface area contributed by atoms with E-state index in [0.29, 0.717) is 11.4 Å². The summed E-state index contributed by atoms with van der Waals surface area (Å²) in [5.74, 6) is 0.993. The molecule has 2 aromatic carbocycles. The van der Waals surface area contributed by atoms with Crippen LogP contribution in [0.3, 0.4) is 0 Å². The number of nitrogens with one attached hydrogen (secondary N) is 2. The Morgan fingerprint density at radius 3 is 2.61 bits per heavy atom. The van der Waals surface area contributed by atoms with E-state index in [0.717, 1.165) is 4.57 Å². The number of fused-ring (bicyclic) bond motifs is 1. The summed E-state index contributed by atoms with van der Waals surface area (Å²) in [6.07, 6.45) is 0.378. The number of methoxy groups -OCH3 is 1. The molecule has 156 valence electrons. The van der Waals surface area contributed by atoms with Gasteiger partial charge < -0.3 is 25.5 Å². The zero-order valence-corrected chi connectivity index (χ0v) is 16.2. The molecule has 0 spiro atoms. The maximum absolute atomic E-state index is 12.6. The Balaban J connectivity index is 1.83. The number of carbonyl (C=O) groups is 1. The topological polar surface area (TPSA) is 154 Å². The third kappa shape index (κ3) is 4.05. The molecule has 0 atom stereocenters. The summed E-state index contributed by atoms with van der Waals surface area (Å²) in [7, 11) is 1.57. The summed E-state index contributed by atoms with van der Waals surface area (Å²) in [4.78, 5) is 46.9. The highest BCUT2D eigenvalue weighted by Crippen LogP contribution is 2.21. The van der Waals surface area contributed by atoms with Crippen molar-refractivity contribution in [3.05, 3.63) is 75.4 Å². The minimum Gasteiger partial charge on any atom is -0.497 e. The van der Waals surface area contributed by atoms with Gasteiger partial charge in [-0.25, -0.2) is 9.78 Å². The molecule has 0 aliphatic rings. The zero-order chi connectivity index (χ0) is 22.0. The predicted octanol–water partition coefficient (Wildman–Crippen LogP) is 1.68. The second kappa shape index (κ2) is 7.99. The Labute approximate surface area is 174 Å². The van der Waals surface area contributed by atoms with E-state index in [1.807, 2.05) is 0 Å². The van der Waals surface area contributed by atoms with Crippen LogP contribution < -0.4 is 31.6 Å². The number of ether oxygens (including phenoxy) is 2. The largest absolute Gasteiger partial charge is 0.497 e. The van der Waals surface area contributed by atoms with Gasteiger partial charge in [0.1, 0.15) is 17.0 Å². The predicted molar refractivity (Wildman–Crippen MR) is 112 cm³/mol. The highest BCUT2D eigenvalue weighted by atomic mass is 16.5. The summed E-state index contributed by atoms with van der Waals surface area (Å²) in [5, 5.41) is 3.03. The van der Waals surface area contributed by atoms with Gasteiger partial charge in [0.15, 0.2) is 5.65 Å². The van der Waals surface area contributed by atoms with Gasteiger partial charge in [-0.3, -0.25) is 14.2 Å². The molecule has 0 aliphatic heterocycles. The third-order valence-corrected chi connectivity index (χ3v) is 4.27. The molecule has 4 N–H and O–H groups in total. The van der Waals surface area contributed by atoms with Crippen molar-refractivity contribution in [2.75, 3.05) is 12.4 Å². The van der Waals surface area contributed by atoms with Crippen molar-refractivity contribution in [1.82, 2.24) is 19.5 Å². The van der Waals surface area contributed by atoms with E-state index in [1.165, 1.54) is 18.3 Å². The summed E-state index contributed by atoms with van der Waals surface area (Å²) in [6, 6.07) is 13.1. The summed E-state index contributed by atoms with van der Waals surface area (Å²) in [5.41, 5.74) is 4.67. The Morgan fingerprint density at radius 2 is 1.90 bits per heavy atom. The fraction of sp³-hybridized carbons (Fsp3) is 0.0500. The third-order valence-electron chi connectivity index (χ3n) is 4.27. The maximum atomic E-state index is 12.6. The van der Waals surface area contributed by atoms with Crippen LogP contribution in [0.1, 0.15) is 0 Å². The fourth-order valence-electron chi connectivity index (χ4n) is 2.91. The van der Waals surface area contributed by atoms with Gasteiger partial charge in [0.05, 0.1) is 19.0 Å². The van der Waals surface area contributed by atoms with Crippen LogP contribution in [0.2, 0.25) is 0 Å². The number of primary amides is 1. The molecule has 0 saturated heterocycles.